The second kappa shape index (κ2) is 7.17. The Hall–Kier alpha value is -2.90. The van der Waals surface area contributed by atoms with Crippen molar-refractivity contribution in [3.8, 4) is 11.3 Å². The lowest BCUT2D eigenvalue weighted by Gasteiger charge is -2.12. The summed E-state index contributed by atoms with van der Waals surface area (Å²) >= 11 is 3.04. The van der Waals surface area contributed by atoms with Crippen LogP contribution in [0.1, 0.15) is 23.6 Å². The predicted molar refractivity (Wildman–Crippen MR) is 119 cm³/mol. The molecule has 1 N–H and O–H groups in total. The van der Waals surface area contributed by atoms with Gasteiger partial charge in [0.25, 0.3) is 5.56 Å². The van der Waals surface area contributed by atoms with E-state index in [9.17, 15) is 4.79 Å². The van der Waals surface area contributed by atoms with Crippen molar-refractivity contribution in [2.45, 2.75) is 24.1 Å². The van der Waals surface area contributed by atoms with Crippen molar-refractivity contribution in [1.29, 1.82) is 0 Å². The number of hydrogen-bond donors (Lipinski definition) is 1. The fraction of sp³-hybridized carbons (Fsp3) is 0.136. The monoisotopic (exact) mass is 419 g/mol. The first-order chi connectivity index (χ1) is 14.1. The number of rotatable bonds is 4. The highest BCUT2D eigenvalue weighted by molar-refractivity contribution is 7.99. The summed E-state index contributed by atoms with van der Waals surface area (Å²) in [5.74, 6) is 1.32. The van der Waals surface area contributed by atoms with E-state index in [0.29, 0.717) is 21.8 Å². The molecule has 29 heavy (non-hydrogen) atoms. The Bertz CT molecular complexity index is 1390. The van der Waals surface area contributed by atoms with Crippen molar-refractivity contribution < 1.29 is 4.42 Å². The van der Waals surface area contributed by atoms with Crippen LogP contribution >= 0.6 is 23.1 Å². The van der Waals surface area contributed by atoms with E-state index in [-0.39, 0.29) is 10.8 Å². The number of nitrogens with one attached hydrogen (secondary N) is 1. The van der Waals surface area contributed by atoms with Gasteiger partial charge in [-0.2, -0.15) is 0 Å². The van der Waals surface area contributed by atoms with Crippen LogP contribution in [0.4, 0.5) is 0 Å². The molecule has 0 aliphatic carbocycles. The first-order valence-electron chi connectivity index (χ1n) is 9.18. The standard InChI is InChI=1S/C22H17N3O2S2/c1-12-10-18(23-16-7-4-3-6-14(12)16)29-13(2)20-24-21(26)19-15(11-28-22(19)25-20)17-8-5-9-27-17/h3-11,13H,1-2H3,(H,24,25,26). The maximum atomic E-state index is 12.8. The molecule has 5 rings (SSSR count). The van der Waals surface area contributed by atoms with Gasteiger partial charge < -0.3 is 9.40 Å². The molecule has 0 saturated heterocycles. The number of H-pyrrole nitrogens is 1. The minimum atomic E-state index is -0.146. The zero-order chi connectivity index (χ0) is 20.0. The van der Waals surface area contributed by atoms with Crippen LogP contribution in [0, 0.1) is 6.92 Å². The Morgan fingerprint density at radius 2 is 2.03 bits per heavy atom. The van der Waals surface area contributed by atoms with Crippen molar-refractivity contribution in [2.24, 2.45) is 0 Å². The minimum absolute atomic E-state index is 0.0469. The fourth-order valence-electron chi connectivity index (χ4n) is 3.39. The minimum Gasteiger partial charge on any atom is -0.464 e. The van der Waals surface area contributed by atoms with E-state index in [2.05, 4.69) is 24.0 Å². The summed E-state index contributed by atoms with van der Waals surface area (Å²) < 4.78 is 5.46. The lowest BCUT2D eigenvalue weighted by molar-refractivity contribution is 0.583. The number of furan rings is 1. The molecular formula is C22H17N3O2S2. The second-order valence-corrected chi connectivity index (χ2v) is 9.03. The molecule has 144 valence electrons. The highest BCUT2D eigenvalue weighted by Gasteiger charge is 2.18. The molecule has 5 nitrogen and oxygen atoms in total. The first-order valence-corrected chi connectivity index (χ1v) is 10.9. The smallest absolute Gasteiger partial charge is 0.260 e. The van der Waals surface area contributed by atoms with Crippen LogP contribution in [0.15, 0.2) is 68.3 Å². The highest BCUT2D eigenvalue weighted by atomic mass is 32.2. The van der Waals surface area contributed by atoms with Gasteiger partial charge in [0, 0.05) is 16.3 Å². The number of hydrogen-bond acceptors (Lipinski definition) is 6. The summed E-state index contributed by atoms with van der Waals surface area (Å²) in [7, 11) is 0. The summed E-state index contributed by atoms with van der Waals surface area (Å²) in [6.07, 6.45) is 1.60. The average molecular weight is 420 g/mol. The molecule has 7 heteroatoms. The van der Waals surface area contributed by atoms with E-state index in [4.69, 9.17) is 14.4 Å². The Morgan fingerprint density at radius 3 is 2.86 bits per heavy atom. The molecular weight excluding hydrogens is 402 g/mol. The van der Waals surface area contributed by atoms with E-state index in [1.807, 2.05) is 42.6 Å². The van der Waals surface area contributed by atoms with E-state index in [1.54, 1.807) is 18.0 Å². The van der Waals surface area contributed by atoms with Gasteiger partial charge in [-0.25, -0.2) is 9.97 Å². The number of thioether (sulfide) groups is 1. The third-order valence-corrected chi connectivity index (χ3v) is 6.73. The van der Waals surface area contributed by atoms with E-state index in [0.717, 1.165) is 21.5 Å². The number of benzene rings is 1. The van der Waals surface area contributed by atoms with Crippen molar-refractivity contribution >= 4 is 44.2 Å². The quantitative estimate of drug-likeness (QED) is 0.364. The molecule has 0 aliphatic heterocycles. The van der Waals surface area contributed by atoms with Crippen molar-refractivity contribution in [1.82, 2.24) is 15.0 Å². The summed E-state index contributed by atoms with van der Waals surface area (Å²) in [6, 6.07) is 13.9. The average Bonchev–Trinajstić information content (AvgIpc) is 3.37. The van der Waals surface area contributed by atoms with Crippen LogP contribution in [0.3, 0.4) is 0 Å². The molecule has 4 aromatic heterocycles. The largest absolute Gasteiger partial charge is 0.464 e. The van der Waals surface area contributed by atoms with Crippen LogP contribution < -0.4 is 5.56 Å². The second-order valence-electron chi connectivity index (χ2n) is 6.81. The number of para-hydroxylation sites is 1. The van der Waals surface area contributed by atoms with Gasteiger partial charge in [0.1, 0.15) is 16.4 Å². The number of aromatic amines is 1. The van der Waals surface area contributed by atoms with Crippen molar-refractivity contribution in [2.75, 3.05) is 0 Å². The number of aromatic nitrogens is 3. The number of pyridine rings is 1. The molecule has 0 radical (unpaired) electrons. The Morgan fingerprint density at radius 1 is 1.17 bits per heavy atom. The van der Waals surface area contributed by atoms with Crippen molar-refractivity contribution in [3.05, 3.63) is 75.8 Å². The van der Waals surface area contributed by atoms with Crippen LogP contribution in [-0.4, -0.2) is 15.0 Å². The number of nitrogens with zero attached hydrogens (tertiary/aromatic N) is 2. The van der Waals surface area contributed by atoms with Crippen LogP contribution in [0.25, 0.3) is 32.4 Å². The van der Waals surface area contributed by atoms with Crippen LogP contribution in [0.2, 0.25) is 0 Å². The summed E-state index contributed by atoms with van der Waals surface area (Å²) in [6.45, 7) is 4.12. The first kappa shape index (κ1) is 18.1. The Kier molecular flexibility index (Phi) is 4.49. The van der Waals surface area contributed by atoms with Gasteiger partial charge in [-0.3, -0.25) is 4.79 Å². The van der Waals surface area contributed by atoms with E-state index < -0.39 is 0 Å². The van der Waals surface area contributed by atoms with Gasteiger partial charge in [0.2, 0.25) is 0 Å². The van der Waals surface area contributed by atoms with E-state index in [1.165, 1.54) is 16.9 Å². The van der Waals surface area contributed by atoms with Gasteiger partial charge in [-0.05, 0) is 43.7 Å². The predicted octanol–water partition coefficient (Wildman–Crippen LogP) is 5.95. The van der Waals surface area contributed by atoms with Crippen molar-refractivity contribution in [3.63, 3.8) is 0 Å². The number of fused-ring (bicyclic) bond motifs is 2. The van der Waals surface area contributed by atoms with Gasteiger partial charge in [0.05, 0.1) is 27.4 Å². The third kappa shape index (κ3) is 3.26. The normalized spacial score (nSPS) is 12.6. The molecule has 0 aliphatic rings. The molecule has 1 unspecified atom stereocenters. The Labute approximate surface area is 174 Å². The molecule has 5 aromatic rings. The summed E-state index contributed by atoms with van der Waals surface area (Å²) in [4.78, 5) is 26.0. The molecule has 0 amide bonds. The lowest BCUT2D eigenvalue weighted by Crippen LogP contribution is -2.12. The Balaban J connectivity index is 1.50. The molecule has 1 atom stereocenters. The highest BCUT2D eigenvalue weighted by Crippen LogP contribution is 2.36. The molecule has 1 aromatic carbocycles. The lowest BCUT2D eigenvalue weighted by atomic mass is 10.1. The van der Waals surface area contributed by atoms with Gasteiger partial charge in [-0.15, -0.1) is 11.3 Å². The topological polar surface area (TPSA) is 71.8 Å². The number of aryl methyl sites for hydroxylation is 1. The molecule has 0 fully saturated rings. The van der Waals surface area contributed by atoms with Gasteiger partial charge >= 0.3 is 0 Å². The summed E-state index contributed by atoms with van der Waals surface area (Å²) in [5.41, 5.74) is 2.79. The molecule has 4 heterocycles. The molecule has 0 bridgehead atoms. The van der Waals surface area contributed by atoms with Gasteiger partial charge in [-0.1, -0.05) is 30.0 Å². The molecule has 0 saturated carbocycles. The molecule has 0 spiro atoms. The third-order valence-electron chi connectivity index (χ3n) is 4.83. The summed E-state index contributed by atoms with van der Waals surface area (Å²) in [5, 5.41) is 4.52. The maximum Gasteiger partial charge on any atom is 0.260 e. The SMILES string of the molecule is Cc1cc(SC(C)c2nc3scc(-c4ccco4)c3c(=O)[nH]2)nc2ccccc12. The van der Waals surface area contributed by atoms with Crippen LogP contribution in [-0.2, 0) is 0 Å². The zero-order valence-electron chi connectivity index (χ0n) is 15.8. The van der Waals surface area contributed by atoms with Gasteiger partial charge in [0.15, 0.2) is 0 Å². The van der Waals surface area contributed by atoms with Crippen LogP contribution in [0.5, 0.6) is 0 Å². The zero-order valence-corrected chi connectivity index (χ0v) is 17.4. The fourth-order valence-corrected chi connectivity index (χ4v) is 5.30. The van der Waals surface area contributed by atoms with E-state index >= 15 is 0 Å². The maximum absolute atomic E-state index is 12.8. The number of thiophene rings is 1.